The minimum absolute atomic E-state index is 0.387. The largest absolute Gasteiger partial charge is 0.465 e. The Kier molecular flexibility index (Phi) is 4.56. The summed E-state index contributed by atoms with van der Waals surface area (Å²) >= 11 is 0. The quantitative estimate of drug-likeness (QED) is 0.515. The second-order valence-electron chi connectivity index (χ2n) is 7.01. The molecule has 3 fully saturated rings. The van der Waals surface area contributed by atoms with Crippen LogP contribution in [0.1, 0.15) is 27.2 Å². The van der Waals surface area contributed by atoms with Crippen molar-refractivity contribution in [1.29, 1.82) is 0 Å². The molecule has 3 aliphatic rings. The molecule has 0 spiro atoms. The molecular formula is C14H28N4O2. The molecule has 2 atom stereocenters. The predicted molar refractivity (Wildman–Crippen MR) is 79.1 cm³/mol. The van der Waals surface area contributed by atoms with Gasteiger partial charge in [0.25, 0.3) is 0 Å². The van der Waals surface area contributed by atoms with E-state index in [9.17, 15) is 4.79 Å². The minimum atomic E-state index is -0.809. The predicted octanol–water partition coefficient (Wildman–Crippen LogP) is 0.306. The summed E-state index contributed by atoms with van der Waals surface area (Å²) in [6.45, 7) is 12.1. The van der Waals surface area contributed by atoms with Gasteiger partial charge in [-0.25, -0.2) is 4.79 Å². The highest BCUT2D eigenvalue weighted by atomic mass is 16.4. The van der Waals surface area contributed by atoms with Crippen molar-refractivity contribution in [2.45, 2.75) is 38.8 Å². The maximum absolute atomic E-state index is 10.3. The van der Waals surface area contributed by atoms with Crippen molar-refractivity contribution in [1.82, 2.24) is 20.9 Å². The van der Waals surface area contributed by atoms with E-state index < -0.39 is 6.09 Å². The van der Waals surface area contributed by atoms with E-state index in [0.717, 1.165) is 32.2 Å². The van der Waals surface area contributed by atoms with Gasteiger partial charge in [0.05, 0.1) is 0 Å². The molecule has 0 aromatic rings. The first kappa shape index (κ1) is 15.5. The zero-order valence-corrected chi connectivity index (χ0v) is 12.8. The highest BCUT2D eigenvalue weighted by Crippen LogP contribution is 2.40. The summed E-state index contributed by atoms with van der Waals surface area (Å²) in [7, 11) is 0. The van der Waals surface area contributed by atoms with Gasteiger partial charge in [0.2, 0.25) is 0 Å². The lowest BCUT2D eigenvalue weighted by atomic mass is 9.74. The number of carboxylic acid groups (broad SMARTS) is 1. The van der Waals surface area contributed by atoms with Crippen LogP contribution in [0.25, 0.3) is 0 Å². The molecule has 0 radical (unpaired) electrons. The van der Waals surface area contributed by atoms with Gasteiger partial charge in [-0.15, -0.1) is 0 Å². The van der Waals surface area contributed by atoms with Crippen LogP contribution >= 0.6 is 0 Å². The second kappa shape index (κ2) is 5.87. The summed E-state index contributed by atoms with van der Waals surface area (Å²) in [5.41, 5.74) is 0.781. The van der Waals surface area contributed by atoms with E-state index >= 15 is 0 Å². The van der Waals surface area contributed by atoms with Gasteiger partial charge in [-0.2, -0.15) is 0 Å². The topological polar surface area (TPSA) is 76.6 Å². The molecule has 2 bridgehead atoms. The van der Waals surface area contributed by atoms with Gasteiger partial charge in [0.1, 0.15) is 0 Å². The van der Waals surface area contributed by atoms with Crippen LogP contribution in [0, 0.1) is 5.41 Å². The maximum Gasteiger partial charge on any atom is 0.407 e. The number of hydrogen-bond donors (Lipinski definition) is 4. The van der Waals surface area contributed by atoms with E-state index in [2.05, 4.69) is 36.7 Å². The molecule has 6 nitrogen and oxygen atoms in total. The first-order chi connectivity index (χ1) is 9.34. The van der Waals surface area contributed by atoms with Gasteiger partial charge in [0, 0.05) is 50.8 Å². The molecule has 0 aromatic carbocycles. The van der Waals surface area contributed by atoms with Crippen LogP contribution in [0.15, 0.2) is 0 Å². The molecule has 1 amide bonds. The number of amides is 1. The standard InChI is InChI=1S/C9H18N2.C5H10N2O2/c1-8(2,3)9-4-7(5-11-9)10-6-9;8-5(9)7-3-1-6-2-4-7/h7,10-11H,4-6H2,1-3H3;6H,1-4H2,(H,8,9). The van der Waals surface area contributed by atoms with Crippen molar-refractivity contribution >= 4 is 6.09 Å². The molecule has 3 heterocycles. The summed E-state index contributed by atoms with van der Waals surface area (Å²) in [4.78, 5) is 11.7. The maximum atomic E-state index is 10.3. The first-order valence-electron chi connectivity index (χ1n) is 7.51. The fourth-order valence-corrected chi connectivity index (χ4v) is 3.17. The normalized spacial score (nSPS) is 32.8. The Morgan fingerprint density at radius 3 is 2.20 bits per heavy atom. The number of carbonyl (C=O) groups is 1. The number of rotatable bonds is 0. The van der Waals surface area contributed by atoms with Crippen LogP contribution in [-0.2, 0) is 0 Å². The number of hydrogen-bond acceptors (Lipinski definition) is 4. The van der Waals surface area contributed by atoms with Crippen molar-refractivity contribution in [2.75, 3.05) is 39.3 Å². The molecule has 2 unspecified atom stereocenters. The molecule has 0 aliphatic carbocycles. The first-order valence-corrected chi connectivity index (χ1v) is 7.51. The number of nitrogens with one attached hydrogen (secondary N) is 3. The van der Waals surface area contributed by atoms with Gasteiger partial charge in [-0.05, 0) is 11.8 Å². The van der Waals surface area contributed by atoms with Crippen molar-refractivity contribution in [3.63, 3.8) is 0 Å². The molecule has 0 aromatic heterocycles. The SMILES string of the molecule is CC(C)(C)C12CNC(CN1)C2.O=C(O)N1CCNCC1. The molecule has 3 saturated heterocycles. The number of piperazine rings is 2. The minimum Gasteiger partial charge on any atom is -0.465 e. The van der Waals surface area contributed by atoms with E-state index in [1.807, 2.05) is 0 Å². The van der Waals surface area contributed by atoms with Crippen LogP contribution in [0.4, 0.5) is 4.79 Å². The third-order valence-corrected chi connectivity index (χ3v) is 4.80. The molecule has 6 heteroatoms. The molecular weight excluding hydrogens is 256 g/mol. The van der Waals surface area contributed by atoms with Crippen molar-refractivity contribution in [3.05, 3.63) is 0 Å². The highest BCUT2D eigenvalue weighted by molar-refractivity contribution is 5.65. The third-order valence-electron chi connectivity index (χ3n) is 4.80. The summed E-state index contributed by atoms with van der Waals surface area (Å²) < 4.78 is 0. The van der Waals surface area contributed by atoms with Crippen molar-refractivity contribution in [2.24, 2.45) is 5.41 Å². The number of nitrogens with zero attached hydrogens (tertiary/aromatic N) is 1. The van der Waals surface area contributed by atoms with E-state index in [-0.39, 0.29) is 0 Å². The fraction of sp³-hybridized carbons (Fsp3) is 0.929. The molecule has 3 rings (SSSR count). The van der Waals surface area contributed by atoms with Crippen LogP contribution in [-0.4, -0.2) is 66.9 Å². The Morgan fingerprint density at radius 1 is 1.30 bits per heavy atom. The van der Waals surface area contributed by atoms with Gasteiger partial charge < -0.3 is 26.0 Å². The average molecular weight is 284 g/mol. The average Bonchev–Trinajstić information content (AvgIpc) is 3.02. The Labute approximate surface area is 121 Å². The van der Waals surface area contributed by atoms with E-state index in [1.165, 1.54) is 11.3 Å². The highest BCUT2D eigenvalue weighted by Gasteiger charge is 2.51. The van der Waals surface area contributed by atoms with E-state index in [4.69, 9.17) is 5.11 Å². The summed E-state index contributed by atoms with van der Waals surface area (Å²) in [6.07, 6.45) is 0.507. The lowest BCUT2D eigenvalue weighted by molar-refractivity contribution is 0.139. The lowest BCUT2D eigenvalue weighted by Crippen LogP contribution is -2.57. The monoisotopic (exact) mass is 284 g/mol. The molecule has 20 heavy (non-hydrogen) atoms. The van der Waals surface area contributed by atoms with Gasteiger partial charge in [0.15, 0.2) is 0 Å². The van der Waals surface area contributed by atoms with E-state index in [0.29, 0.717) is 24.0 Å². The summed E-state index contributed by atoms with van der Waals surface area (Å²) in [6, 6.07) is 0.745. The van der Waals surface area contributed by atoms with Gasteiger partial charge in [-0.1, -0.05) is 20.8 Å². The summed E-state index contributed by atoms with van der Waals surface area (Å²) in [5.74, 6) is 0. The molecule has 0 saturated carbocycles. The van der Waals surface area contributed by atoms with E-state index in [1.54, 1.807) is 0 Å². The number of fused-ring (bicyclic) bond motifs is 2. The van der Waals surface area contributed by atoms with Crippen molar-refractivity contribution < 1.29 is 9.90 Å². The third kappa shape index (κ3) is 3.24. The molecule has 3 aliphatic heterocycles. The molecule has 116 valence electrons. The van der Waals surface area contributed by atoms with Crippen molar-refractivity contribution in [3.8, 4) is 0 Å². The zero-order valence-electron chi connectivity index (χ0n) is 12.8. The molecule has 4 N–H and O–H groups in total. The van der Waals surface area contributed by atoms with Crippen LogP contribution in [0.5, 0.6) is 0 Å². The Bertz CT molecular complexity index is 340. The lowest BCUT2D eigenvalue weighted by Gasteiger charge is -2.40. The van der Waals surface area contributed by atoms with Crippen LogP contribution in [0.3, 0.4) is 0 Å². The Hall–Kier alpha value is -0.850. The van der Waals surface area contributed by atoms with Gasteiger partial charge in [-0.3, -0.25) is 0 Å². The Balaban J connectivity index is 0.000000151. The zero-order chi connectivity index (χ0) is 14.8. The van der Waals surface area contributed by atoms with Crippen LogP contribution < -0.4 is 16.0 Å². The summed E-state index contributed by atoms with van der Waals surface area (Å²) in [5, 5.41) is 18.7. The smallest absolute Gasteiger partial charge is 0.407 e. The van der Waals surface area contributed by atoms with Gasteiger partial charge >= 0.3 is 6.09 Å². The Morgan fingerprint density at radius 2 is 1.95 bits per heavy atom. The fourth-order valence-electron chi connectivity index (χ4n) is 3.17. The second-order valence-corrected chi connectivity index (χ2v) is 7.01. The van der Waals surface area contributed by atoms with Crippen LogP contribution in [0.2, 0.25) is 0 Å².